The van der Waals surface area contributed by atoms with Crippen LogP contribution in [0.4, 0.5) is 19.3 Å². The third-order valence-corrected chi connectivity index (χ3v) is 4.37. The van der Waals surface area contributed by atoms with Crippen LogP contribution in [0.3, 0.4) is 0 Å². The summed E-state index contributed by atoms with van der Waals surface area (Å²) in [5, 5.41) is 27.4. The van der Waals surface area contributed by atoms with E-state index in [0.717, 1.165) is 18.3 Å². The molecule has 0 unspecified atom stereocenters. The van der Waals surface area contributed by atoms with Crippen LogP contribution in [0.2, 0.25) is 0 Å². The predicted octanol–water partition coefficient (Wildman–Crippen LogP) is -4.60. The molecule has 0 saturated heterocycles. The van der Waals surface area contributed by atoms with E-state index in [1.807, 2.05) is 0 Å². The molecule has 0 fully saturated rings. The van der Waals surface area contributed by atoms with Gasteiger partial charge in [-0.1, -0.05) is 30.0 Å². The third-order valence-electron chi connectivity index (χ3n) is 4.37. The van der Waals surface area contributed by atoms with Crippen molar-refractivity contribution >= 4 is 17.7 Å². The molecule has 33 heavy (non-hydrogen) atoms. The first-order valence-electron chi connectivity index (χ1n) is 8.96. The Bertz CT molecular complexity index is 1210. The Morgan fingerprint density at radius 3 is 2.42 bits per heavy atom. The second-order valence-corrected chi connectivity index (χ2v) is 6.52. The molecule has 0 saturated carbocycles. The maximum Gasteiger partial charge on any atom is 1.00 e. The monoisotopic (exact) mass is 473 g/mol. The molecule has 1 heterocycles. The molecule has 0 aliphatic heterocycles. The smallest absolute Gasteiger partial charge is 0.871 e. The topological polar surface area (TPSA) is 137 Å². The first-order valence-corrected chi connectivity index (χ1v) is 8.96. The molecule has 2 amide bonds. The summed E-state index contributed by atoms with van der Waals surface area (Å²) in [5.74, 6) is -3.78. The largest absolute Gasteiger partial charge is 1.00 e. The number of anilines is 1. The van der Waals surface area contributed by atoms with Crippen LogP contribution in [0.25, 0.3) is 11.1 Å². The Labute approximate surface area is 231 Å². The number of carboxylic acid groups (broad SMARTS) is 1. The van der Waals surface area contributed by atoms with Crippen molar-refractivity contribution < 1.29 is 87.7 Å². The van der Waals surface area contributed by atoms with Gasteiger partial charge in [0.05, 0.1) is 6.04 Å². The summed E-state index contributed by atoms with van der Waals surface area (Å²) in [5.41, 5.74) is -0.680. The van der Waals surface area contributed by atoms with Crippen molar-refractivity contribution in [3.8, 4) is 16.9 Å². The van der Waals surface area contributed by atoms with Gasteiger partial charge in [0.1, 0.15) is 17.3 Å². The van der Waals surface area contributed by atoms with Crippen molar-refractivity contribution in [3.05, 3.63) is 82.3 Å². The van der Waals surface area contributed by atoms with Gasteiger partial charge in [0, 0.05) is 30.2 Å². The van der Waals surface area contributed by atoms with Crippen LogP contribution < -0.4 is 85.5 Å². The third kappa shape index (κ3) is 7.66. The van der Waals surface area contributed by atoms with E-state index in [0.29, 0.717) is 11.6 Å². The fourth-order valence-electron chi connectivity index (χ4n) is 2.95. The Morgan fingerprint density at radius 2 is 1.79 bits per heavy atom. The summed E-state index contributed by atoms with van der Waals surface area (Å²) in [6.07, 6.45) is 0.477. The molecule has 1 aromatic heterocycles. The van der Waals surface area contributed by atoms with Crippen molar-refractivity contribution in [1.82, 2.24) is 10.3 Å². The number of nitrogens with one attached hydrogen (secondary N) is 3. The van der Waals surface area contributed by atoms with Gasteiger partial charge in [0.15, 0.2) is 0 Å². The van der Waals surface area contributed by atoms with Crippen LogP contribution in [0.1, 0.15) is 18.0 Å². The number of hydrogen-bond donors (Lipinski definition) is 3. The van der Waals surface area contributed by atoms with Gasteiger partial charge in [-0.05, 0) is 29.3 Å². The van der Waals surface area contributed by atoms with Gasteiger partial charge in [-0.3, -0.25) is 4.79 Å². The Morgan fingerprint density at radius 1 is 1.06 bits per heavy atom. The summed E-state index contributed by atoms with van der Waals surface area (Å²) in [7, 11) is 0. The molecule has 2 aromatic carbocycles. The minimum atomic E-state index is -1.48. The molecular formula is C21H15F2N3Na2O5. The van der Waals surface area contributed by atoms with Crippen molar-refractivity contribution in [1.29, 1.82) is 0 Å². The maximum atomic E-state index is 14.1. The zero-order valence-electron chi connectivity index (χ0n) is 17.8. The number of halogens is 2. The number of urea groups is 1. The molecule has 160 valence electrons. The molecule has 0 aliphatic carbocycles. The summed E-state index contributed by atoms with van der Waals surface area (Å²) in [6.45, 7) is 0. The van der Waals surface area contributed by atoms with Crippen molar-refractivity contribution in [2.75, 3.05) is 5.32 Å². The molecule has 3 aromatic rings. The zero-order valence-corrected chi connectivity index (χ0v) is 21.8. The molecule has 3 rings (SSSR count). The number of aliphatic carboxylic acids is 1. The molecular weight excluding hydrogens is 458 g/mol. The zero-order chi connectivity index (χ0) is 22.5. The Kier molecular flexibility index (Phi) is 11.2. The van der Waals surface area contributed by atoms with Crippen molar-refractivity contribution in [3.63, 3.8) is 0 Å². The molecule has 0 radical (unpaired) electrons. The quantitative estimate of drug-likeness (QED) is 0.310. The average Bonchev–Trinajstić information content (AvgIpc) is 2.70. The van der Waals surface area contributed by atoms with Crippen LogP contribution in [0, 0.1) is 11.6 Å². The molecule has 0 aliphatic rings. The van der Waals surface area contributed by atoms with Crippen LogP contribution in [-0.4, -0.2) is 17.0 Å². The summed E-state index contributed by atoms with van der Waals surface area (Å²) in [4.78, 5) is 37.4. The van der Waals surface area contributed by atoms with Gasteiger partial charge in [-0.2, -0.15) is 0 Å². The van der Waals surface area contributed by atoms with E-state index in [4.69, 9.17) is 0 Å². The predicted molar refractivity (Wildman–Crippen MR) is 103 cm³/mol. The van der Waals surface area contributed by atoms with Gasteiger partial charge in [0.25, 0.3) is 5.56 Å². The van der Waals surface area contributed by atoms with E-state index >= 15 is 0 Å². The summed E-state index contributed by atoms with van der Waals surface area (Å²) in [6, 6.07) is 7.88. The number of aromatic amines is 1. The number of carbonyl (C=O) groups excluding carboxylic acids is 2. The fraction of sp³-hybridized carbons (Fsp3) is 0.0952. The normalized spacial score (nSPS) is 10.8. The number of hydrogen-bond acceptors (Lipinski definition) is 5. The summed E-state index contributed by atoms with van der Waals surface area (Å²) >= 11 is 0. The molecule has 12 heteroatoms. The van der Waals surface area contributed by atoms with Crippen LogP contribution in [0.5, 0.6) is 5.75 Å². The van der Waals surface area contributed by atoms with Gasteiger partial charge in [0.2, 0.25) is 0 Å². The second-order valence-electron chi connectivity index (χ2n) is 6.52. The maximum absolute atomic E-state index is 14.1. The number of rotatable bonds is 6. The average molecular weight is 473 g/mol. The van der Waals surface area contributed by atoms with Crippen molar-refractivity contribution in [2.45, 2.75) is 12.5 Å². The van der Waals surface area contributed by atoms with Crippen LogP contribution in [-0.2, 0) is 4.79 Å². The Balaban J connectivity index is 0.00000272. The van der Waals surface area contributed by atoms with Gasteiger partial charge in [-0.15, -0.1) is 0 Å². The molecule has 1 atom stereocenters. The number of carbonyl (C=O) groups is 2. The number of carboxylic acids is 1. The first-order chi connectivity index (χ1) is 14.7. The van der Waals surface area contributed by atoms with Gasteiger partial charge >= 0.3 is 65.1 Å². The molecule has 0 bridgehead atoms. The van der Waals surface area contributed by atoms with E-state index in [1.54, 1.807) is 0 Å². The first kappa shape index (κ1) is 28.8. The second kappa shape index (κ2) is 12.9. The Hall–Kier alpha value is -2.21. The van der Waals surface area contributed by atoms with Gasteiger partial charge < -0.3 is 30.6 Å². The minimum Gasteiger partial charge on any atom is -0.871 e. The summed E-state index contributed by atoms with van der Waals surface area (Å²) < 4.78 is 27.3. The SMILES string of the molecule is O=C([O-])C[C@H](NC(=O)Nc1c([O-])cc[nH]c1=O)c1cccc(-c2ccc(F)cc2F)c1.[Na+].[Na+]. The van der Waals surface area contributed by atoms with E-state index in [1.165, 1.54) is 30.3 Å². The standard InChI is InChI=1S/C21H17F2N3O5.2Na/c22-13-4-5-14(15(23)9-13)11-2-1-3-12(8-11)16(10-18(28)29)25-21(31)26-19-17(27)6-7-24-20(19)30;;/h1-9,16H,10H2,(H,28,29)(H2,24,27,30)(H2,25,26,31);;/q;2*+1/p-2/t16-;;/m0../s1. The number of H-pyrrole nitrogens is 1. The van der Waals surface area contributed by atoms with Crippen LogP contribution in [0.15, 0.2) is 59.5 Å². The van der Waals surface area contributed by atoms with E-state index in [9.17, 15) is 33.4 Å². The number of benzene rings is 2. The number of amides is 2. The molecule has 8 nitrogen and oxygen atoms in total. The number of aromatic nitrogens is 1. The van der Waals surface area contributed by atoms with E-state index < -0.39 is 53.1 Å². The fourth-order valence-corrected chi connectivity index (χ4v) is 2.95. The van der Waals surface area contributed by atoms with Crippen molar-refractivity contribution in [2.24, 2.45) is 0 Å². The molecule has 0 spiro atoms. The number of pyridine rings is 1. The minimum absolute atomic E-state index is 0. The van der Waals surface area contributed by atoms with Crippen LogP contribution >= 0.6 is 0 Å². The van der Waals surface area contributed by atoms with Gasteiger partial charge in [-0.25, -0.2) is 13.6 Å². The van der Waals surface area contributed by atoms with E-state index in [2.05, 4.69) is 15.6 Å². The molecule has 3 N–H and O–H groups in total. The van der Waals surface area contributed by atoms with E-state index in [-0.39, 0.29) is 70.2 Å².